The molecule has 0 saturated carbocycles. The maximum atomic E-state index is 12.8. The molecule has 0 aliphatic heterocycles. The number of amides is 1. The van der Waals surface area contributed by atoms with E-state index in [9.17, 15) is 4.79 Å². The summed E-state index contributed by atoms with van der Waals surface area (Å²) in [5.41, 5.74) is 1.06. The molecule has 4 heteroatoms. The first kappa shape index (κ1) is 20.7. The Hall–Kier alpha value is -3.01. The van der Waals surface area contributed by atoms with E-state index in [1.54, 1.807) is 14.0 Å². The summed E-state index contributed by atoms with van der Waals surface area (Å²) in [6.07, 6.45) is 0.255. The van der Waals surface area contributed by atoms with Crippen molar-refractivity contribution in [2.75, 3.05) is 7.11 Å². The summed E-state index contributed by atoms with van der Waals surface area (Å²) < 4.78 is 11.2. The molecule has 2 unspecified atom stereocenters. The molecule has 3 aromatic rings. The SMILES string of the molecule is COc1ccc(C(CC(C)C)NC(=O)C(C)Oc2ccc3ccccc3c2)cc1. The van der Waals surface area contributed by atoms with Crippen LogP contribution in [0.4, 0.5) is 0 Å². The van der Waals surface area contributed by atoms with Crippen LogP contribution in [0.15, 0.2) is 66.7 Å². The predicted molar refractivity (Wildman–Crippen MR) is 117 cm³/mol. The Morgan fingerprint density at radius 2 is 1.55 bits per heavy atom. The zero-order chi connectivity index (χ0) is 20.8. The van der Waals surface area contributed by atoms with Gasteiger partial charge in [-0.25, -0.2) is 0 Å². The third-order valence-corrected chi connectivity index (χ3v) is 4.94. The molecule has 0 bridgehead atoms. The first-order valence-corrected chi connectivity index (χ1v) is 10.1. The van der Waals surface area contributed by atoms with Crippen molar-refractivity contribution in [3.05, 3.63) is 72.3 Å². The van der Waals surface area contributed by atoms with Gasteiger partial charge in [-0.15, -0.1) is 0 Å². The lowest BCUT2D eigenvalue weighted by atomic mass is 9.96. The van der Waals surface area contributed by atoms with Gasteiger partial charge in [0, 0.05) is 0 Å². The monoisotopic (exact) mass is 391 g/mol. The Balaban J connectivity index is 1.69. The van der Waals surface area contributed by atoms with Crippen LogP contribution in [0.25, 0.3) is 10.8 Å². The second-order valence-electron chi connectivity index (χ2n) is 7.73. The zero-order valence-corrected chi connectivity index (χ0v) is 17.5. The van der Waals surface area contributed by atoms with E-state index < -0.39 is 6.10 Å². The van der Waals surface area contributed by atoms with Crippen LogP contribution in [0, 0.1) is 5.92 Å². The number of rotatable bonds is 8. The van der Waals surface area contributed by atoms with E-state index in [4.69, 9.17) is 9.47 Å². The third kappa shape index (κ3) is 5.50. The number of nitrogens with one attached hydrogen (secondary N) is 1. The number of carbonyl (C=O) groups excluding carboxylic acids is 1. The van der Waals surface area contributed by atoms with Crippen molar-refractivity contribution in [2.24, 2.45) is 5.92 Å². The van der Waals surface area contributed by atoms with E-state index in [2.05, 4.69) is 25.2 Å². The van der Waals surface area contributed by atoms with Crippen LogP contribution in [0.5, 0.6) is 11.5 Å². The number of fused-ring (bicyclic) bond motifs is 1. The Bertz CT molecular complexity index is 950. The molecule has 29 heavy (non-hydrogen) atoms. The first-order chi connectivity index (χ1) is 14.0. The molecule has 152 valence electrons. The fourth-order valence-corrected chi connectivity index (χ4v) is 3.37. The summed E-state index contributed by atoms with van der Waals surface area (Å²) in [6, 6.07) is 21.7. The average Bonchev–Trinajstić information content (AvgIpc) is 2.73. The summed E-state index contributed by atoms with van der Waals surface area (Å²) in [7, 11) is 1.65. The van der Waals surface area contributed by atoms with Crippen LogP contribution in [0.1, 0.15) is 38.8 Å². The topological polar surface area (TPSA) is 47.6 Å². The maximum Gasteiger partial charge on any atom is 0.261 e. The number of hydrogen-bond donors (Lipinski definition) is 1. The van der Waals surface area contributed by atoms with Gasteiger partial charge in [0.1, 0.15) is 11.5 Å². The van der Waals surface area contributed by atoms with Crippen molar-refractivity contribution in [3.63, 3.8) is 0 Å². The second-order valence-corrected chi connectivity index (χ2v) is 7.73. The van der Waals surface area contributed by atoms with E-state index in [-0.39, 0.29) is 11.9 Å². The standard InChI is InChI=1S/C25H29NO3/c1-17(2)15-24(20-10-12-22(28-4)13-11-20)26-25(27)18(3)29-23-14-9-19-7-5-6-8-21(19)16-23/h5-14,16-18,24H,15H2,1-4H3,(H,26,27). The van der Waals surface area contributed by atoms with E-state index in [1.165, 1.54) is 0 Å². The fraction of sp³-hybridized carbons (Fsp3) is 0.320. The average molecular weight is 392 g/mol. The lowest BCUT2D eigenvalue weighted by Gasteiger charge is -2.24. The Morgan fingerprint density at radius 1 is 0.897 bits per heavy atom. The molecule has 0 aliphatic carbocycles. The lowest BCUT2D eigenvalue weighted by Crippen LogP contribution is -2.39. The van der Waals surface area contributed by atoms with Crippen LogP contribution < -0.4 is 14.8 Å². The summed E-state index contributed by atoms with van der Waals surface area (Å²) in [4.78, 5) is 12.8. The van der Waals surface area contributed by atoms with Gasteiger partial charge in [0.25, 0.3) is 5.91 Å². The van der Waals surface area contributed by atoms with Crippen LogP contribution in [0.2, 0.25) is 0 Å². The summed E-state index contributed by atoms with van der Waals surface area (Å²) >= 11 is 0. The highest BCUT2D eigenvalue weighted by Crippen LogP contribution is 2.25. The lowest BCUT2D eigenvalue weighted by molar-refractivity contribution is -0.128. The second kappa shape index (κ2) is 9.46. The van der Waals surface area contributed by atoms with Crippen molar-refractivity contribution in [1.29, 1.82) is 0 Å². The zero-order valence-electron chi connectivity index (χ0n) is 17.5. The van der Waals surface area contributed by atoms with E-state index in [1.807, 2.05) is 60.7 Å². The van der Waals surface area contributed by atoms with Crippen molar-refractivity contribution in [2.45, 2.75) is 39.3 Å². The van der Waals surface area contributed by atoms with Gasteiger partial charge >= 0.3 is 0 Å². The molecule has 3 aromatic carbocycles. The van der Waals surface area contributed by atoms with Crippen molar-refractivity contribution in [3.8, 4) is 11.5 Å². The van der Waals surface area contributed by atoms with E-state index in [0.717, 1.165) is 28.5 Å². The van der Waals surface area contributed by atoms with Gasteiger partial charge in [-0.05, 0) is 59.9 Å². The van der Waals surface area contributed by atoms with Crippen molar-refractivity contribution >= 4 is 16.7 Å². The number of methoxy groups -OCH3 is 1. The van der Waals surface area contributed by atoms with Crippen LogP contribution in [-0.2, 0) is 4.79 Å². The molecule has 0 aliphatic rings. The highest BCUT2D eigenvalue weighted by atomic mass is 16.5. The minimum absolute atomic E-state index is 0.0731. The summed E-state index contributed by atoms with van der Waals surface area (Å²) in [6.45, 7) is 6.08. The fourth-order valence-electron chi connectivity index (χ4n) is 3.37. The minimum Gasteiger partial charge on any atom is -0.497 e. The normalized spacial score (nSPS) is 13.1. The number of carbonyl (C=O) groups is 1. The van der Waals surface area contributed by atoms with Crippen LogP contribution in [0.3, 0.4) is 0 Å². The molecule has 0 fully saturated rings. The van der Waals surface area contributed by atoms with Crippen molar-refractivity contribution < 1.29 is 14.3 Å². The summed E-state index contributed by atoms with van der Waals surface area (Å²) in [5.74, 6) is 1.81. The number of benzene rings is 3. The molecule has 1 amide bonds. The van der Waals surface area contributed by atoms with E-state index in [0.29, 0.717) is 11.7 Å². The van der Waals surface area contributed by atoms with Gasteiger partial charge in [-0.3, -0.25) is 4.79 Å². The van der Waals surface area contributed by atoms with Gasteiger partial charge in [0.15, 0.2) is 6.10 Å². The molecule has 2 atom stereocenters. The Morgan fingerprint density at radius 3 is 2.21 bits per heavy atom. The predicted octanol–water partition coefficient (Wildman–Crippen LogP) is 5.52. The van der Waals surface area contributed by atoms with Gasteiger partial charge in [0.2, 0.25) is 0 Å². The molecular weight excluding hydrogens is 362 g/mol. The Labute approximate surface area is 172 Å². The van der Waals surface area contributed by atoms with E-state index >= 15 is 0 Å². The molecule has 0 radical (unpaired) electrons. The highest BCUT2D eigenvalue weighted by Gasteiger charge is 2.21. The van der Waals surface area contributed by atoms with Gasteiger partial charge in [-0.2, -0.15) is 0 Å². The quantitative estimate of drug-likeness (QED) is 0.550. The van der Waals surface area contributed by atoms with Gasteiger partial charge in [0.05, 0.1) is 13.2 Å². The molecular formula is C25H29NO3. The first-order valence-electron chi connectivity index (χ1n) is 10.1. The molecule has 0 saturated heterocycles. The van der Waals surface area contributed by atoms with Crippen LogP contribution >= 0.6 is 0 Å². The van der Waals surface area contributed by atoms with Crippen molar-refractivity contribution in [1.82, 2.24) is 5.32 Å². The third-order valence-electron chi connectivity index (χ3n) is 4.94. The molecule has 4 nitrogen and oxygen atoms in total. The molecule has 0 spiro atoms. The minimum atomic E-state index is -0.593. The Kier molecular flexibility index (Phi) is 6.76. The van der Waals surface area contributed by atoms with Gasteiger partial charge in [-0.1, -0.05) is 56.3 Å². The van der Waals surface area contributed by atoms with Gasteiger partial charge < -0.3 is 14.8 Å². The molecule has 0 aromatic heterocycles. The number of hydrogen-bond acceptors (Lipinski definition) is 3. The molecule has 1 N–H and O–H groups in total. The smallest absolute Gasteiger partial charge is 0.261 e. The number of ether oxygens (including phenoxy) is 2. The van der Waals surface area contributed by atoms with Crippen LogP contribution in [-0.4, -0.2) is 19.1 Å². The molecule has 3 rings (SSSR count). The highest BCUT2D eigenvalue weighted by molar-refractivity contribution is 5.84. The molecule has 0 heterocycles. The summed E-state index contributed by atoms with van der Waals surface area (Å²) in [5, 5.41) is 5.39. The maximum absolute atomic E-state index is 12.8. The largest absolute Gasteiger partial charge is 0.497 e.